The van der Waals surface area contributed by atoms with Gasteiger partial charge in [0, 0.05) is 23.7 Å². The maximum Gasteiger partial charge on any atom is 0.329 e. The number of nitrogens with zero attached hydrogens (tertiary/aromatic N) is 1. The zero-order chi connectivity index (χ0) is 17.5. The molecule has 128 valence electrons. The Morgan fingerprint density at radius 1 is 1.33 bits per heavy atom. The molecule has 3 unspecified atom stereocenters. The van der Waals surface area contributed by atoms with Crippen LogP contribution in [0.3, 0.4) is 0 Å². The second-order valence-electron chi connectivity index (χ2n) is 7.03. The maximum absolute atomic E-state index is 12.8. The zero-order valence-corrected chi connectivity index (χ0v) is 13.9. The molecule has 0 radical (unpaired) electrons. The Hall–Kier alpha value is -2.37. The van der Waals surface area contributed by atoms with Crippen LogP contribution in [-0.2, 0) is 9.59 Å². The summed E-state index contributed by atoms with van der Waals surface area (Å²) in [6.07, 6.45) is 2.02. The molecule has 2 aliphatic rings. The van der Waals surface area contributed by atoms with Crippen LogP contribution >= 0.6 is 0 Å². The van der Waals surface area contributed by atoms with Crippen molar-refractivity contribution in [3.05, 3.63) is 29.8 Å². The molecule has 2 fully saturated rings. The number of anilines is 1. The normalized spacial score (nSPS) is 28.5. The van der Waals surface area contributed by atoms with Crippen molar-refractivity contribution in [3.63, 3.8) is 0 Å². The maximum atomic E-state index is 12.8. The van der Waals surface area contributed by atoms with Crippen molar-refractivity contribution < 1.29 is 19.5 Å². The highest BCUT2D eigenvalue weighted by Crippen LogP contribution is 2.38. The number of rotatable bonds is 4. The number of carbonyl (C=O) groups excluding carboxylic acids is 2. The van der Waals surface area contributed by atoms with Crippen molar-refractivity contribution in [1.82, 2.24) is 4.90 Å². The van der Waals surface area contributed by atoms with Gasteiger partial charge in [0.25, 0.3) is 5.91 Å². The van der Waals surface area contributed by atoms with Crippen LogP contribution in [0.5, 0.6) is 0 Å². The summed E-state index contributed by atoms with van der Waals surface area (Å²) in [4.78, 5) is 37.7. The van der Waals surface area contributed by atoms with Crippen molar-refractivity contribution in [2.24, 2.45) is 11.8 Å². The lowest BCUT2D eigenvalue weighted by Gasteiger charge is -2.31. The van der Waals surface area contributed by atoms with Crippen molar-refractivity contribution in [1.29, 1.82) is 0 Å². The summed E-state index contributed by atoms with van der Waals surface area (Å²) in [5.41, 5.74) is -0.202. The highest BCUT2D eigenvalue weighted by molar-refractivity contribution is 6.00. The van der Waals surface area contributed by atoms with E-state index < -0.39 is 11.5 Å². The first-order valence-corrected chi connectivity index (χ1v) is 8.29. The molecule has 1 heterocycles. The Balaban J connectivity index is 1.77. The average molecular weight is 330 g/mol. The zero-order valence-electron chi connectivity index (χ0n) is 13.9. The molecule has 6 nitrogen and oxygen atoms in total. The van der Waals surface area contributed by atoms with Crippen LogP contribution in [0.1, 0.15) is 43.5 Å². The molecule has 1 aromatic rings. The second-order valence-corrected chi connectivity index (χ2v) is 7.03. The number of aliphatic carboxylic acids is 1. The number of amides is 2. The second kappa shape index (κ2) is 5.92. The number of carbonyl (C=O) groups is 3. The van der Waals surface area contributed by atoms with Gasteiger partial charge in [-0.05, 0) is 50.3 Å². The summed E-state index contributed by atoms with van der Waals surface area (Å²) < 4.78 is 0. The fraction of sp³-hybridized carbons (Fsp3) is 0.500. The number of carboxylic acids is 1. The van der Waals surface area contributed by atoms with E-state index in [0.29, 0.717) is 36.6 Å². The lowest BCUT2D eigenvalue weighted by molar-refractivity contribution is -0.147. The lowest BCUT2D eigenvalue weighted by atomic mass is 9.98. The number of benzene rings is 1. The van der Waals surface area contributed by atoms with Gasteiger partial charge >= 0.3 is 5.97 Å². The molecular formula is C18H22N2O4. The minimum Gasteiger partial charge on any atom is -0.480 e. The highest BCUT2D eigenvalue weighted by atomic mass is 16.4. The van der Waals surface area contributed by atoms with Crippen LogP contribution in [0.4, 0.5) is 5.69 Å². The third-order valence-electron chi connectivity index (χ3n) is 5.17. The molecule has 24 heavy (non-hydrogen) atoms. The molecule has 6 heteroatoms. The van der Waals surface area contributed by atoms with E-state index in [4.69, 9.17) is 0 Å². The Bertz CT molecular complexity index is 702. The minimum absolute atomic E-state index is 0.0244. The molecule has 0 spiro atoms. The van der Waals surface area contributed by atoms with Crippen molar-refractivity contribution in [3.8, 4) is 0 Å². The van der Waals surface area contributed by atoms with E-state index in [2.05, 4.69) is 5.32 Å². The standard InChI is InChI=1S/C18H22N2O4/c1-11-9-14(11)15(21)19-13-6-3-5-12(10-13)16(22)20-8-4-7-18(20,2)17(23)24/h3,5-6,10-11,14H,4,7-9H2,1-2H3,(H,19,21)(H,23,24). The predicted molar refractivity (Wildman–Crippen MR) is 88.7 cm³/mol. The van der Waals surface area contributed by atoms with Gasteiger partial charge < -0.3 is 15.3 Å². The minimum atomic E-state index is -1.17. The van der Waals surface area contributed by atoms with Crippen molar-refractivity contribution in [2.75, 3.05) is 11.9 Å². The number of nitrogens with one attached hydrogen (secondary N) is 1. The van der Waals surface area contributed by atoms with E-state index in [9.17, 15) is 19.5 Å². The Kier molecular flexibility index (Phi) is 4.07. The summed E-state index contributed by atoms with van der Waals surface area (Å²) >= 11 is 0. The SMILES string of the molecule is CC1CC1C(=O)Nc1cccc(C(=O)N2CCCC2(C)C(=O)O)c1. The van der Waals surface area contributed by atoms with E-state index in [0.717, 1.165) is 6.42 Å². The van der Waals surface area contributed by atoms with Gasteiger partial charge in [0.2, 0.25) is 5.91 Å². The topological polar surface area (TPSA) is 86.7 Å². The summed E-state index contributed by atoms with van der Waals surface area (Å²) in [7, 11) is 0. The first kappa shape index (κ1) is 16.5. The molecule has 1 aliphatic heterocycles. The highest BCUT2D eigenvalue weighted by Gasteiger charge is 2.46. The molecule has 2 N–H and O–H groups in total. The first-order chi connectivity index (χ1) is 11.3. The largest absolute Gasteiger partial charge is 0.480 e. The molecule has 2 amide bonds. The van der Waals surface area contributed by atoms with Crippen LogP contribution in [0.15, 0.2) is 24.3 Å². The number of carboxylic acid groups (broad SMARTS) is 1. The Labute approximate surface area is 140 Å². The fourth-order valence-electron chi connectivity index (χ4n) is 3.32. The fourth-order valence-corrected chi connectivity index (χ4v) is 3.32. The van der Waals surface area contributed by atoms with E-state index in [1.54, 1.807) is 31.2 Å². The Morgan fingerprint density at radius 3 is 2.67 bits per heavy atom. The van der Waals surface area contributed by atoms with E-state index in [-0.39, 0.29) is 17.7 Å². The monoisotopic (exact) mass is 330 g/mol. The number of hydrogen-bond acceptors (Lipinski definition) is 3. The molecule has 1 aromatic carbocycles. The van der Waals surface area contributed by atoms with Gasteiger partial charge in [-0.15, -0.1) is 0 Å². The van der Waals surface area contributed by atoms with Crippen molar-refractivity contribution >= 4 is 23.5 Å². The third kappa shape index (κ3) is 2.88. The van der Waals surface area contributed by atoms with Gasteiger partial charge in [-0.2, -0.15) is 0 Å². The predicted octanol–water partition coefficient (Wildman–Crippen LogP) is 2.36. The van der Waals surface area contributed by atoms with Gasteiger partial charge in [0.1, 0.15) is 5.54 Å². The molecule has 1 saturated carbocycles. The Morgan fingerprint density at radius 2 is 2.04 bits per heavy atom. The van der Waals surface area contributed by atoms with Crippen LogP contribution in [0.25, 0.3) is 0 Å². The summed E-state index contributed by atoms with van der Waals surface area (Å²) in [6, 6.07) is 6.71. The van der Waals surface area contributed by atoms with Gasteiger partial charge in [-0.25, -0.2) is 4.79 Å². The molecule has 0 aromatic heterocycles. The van der Waals surface area contributed by atoms with E-state index >= 15 is 0 Å². The van der Waals surface area contributed by atoms with Gasteiger partial charge in [0.05, 0.1) is 0 Å². The number of hydrogen-bond donors (Lipinski definition) is 2. The van der Waals surface area contributed by atoms with E-state index in [1.807, 2.05) is 6.92 Å². The molecule has 0 bridgehead atoms. The van der Waals surface area contributed by atoms with Crippen LogP contribution in [0, 0.1) is 11.8 Å². The third-order valence-corrected chi connectivity index (χ3v) is 5.17. The molecule has 3 atom stereocenters. The van der Waals surface area contributed by atoms with E-state index in [1.165, 1.54) is 4.90 Å². The lowest BCUT2D eigenvalue weighted by Crippen LogP contribution is -2.50. The average Bonchev–Trinajstić information content (AvgIpc) is 3.14. The van der Waals surface area contributed by atoms with Gasteiger partial charge in [-0.1, -0.05) is 13.0 Å². The molecule has 1 saturated heterocycles. The molecular weight excluding hydrogens is 308 g/mol. The van der Waals surface area contributed by atoms with Gasteiger partial charge in [-0.3, -0.25) is 9.59 Å². The summed E-state index contributed by atoms with van der Waals surface area (Å²) in [5, 5.41) is 12.3. The molecule has 1 aliphatic carbocycles. The smallest absolute Gasteiger partial charge is 0.329 e. The first-order valence-electron chi connectivity index (χ1n) is 8.29. The van der Waals surface area contributed by atoms with Crippen LogP contribution < -0.4 is 5.32 Å². The van der Waals surface area contributed by atoms with Crippen LogP contribution in [0.2, 0.25) is 0 Å². The van der Waals surface area contributed by atoms with Crippen molar-refractivity contribution in [2.45, 2.75) is 38.6 Å². The quantitative estimate of drug-likeness (QED) is 0.887. The molecule has 3 rings (SSSR count). The summed E-state index contributed by atoms with van der Waals surface area (Å²) in [6.45, 7) is 4.04. The summed E-state index contributed by atoms with van der Waals surface area (Å²) in [5.74, 6) is -0.855. The van der Waals surface area contributed by atoms with Crippen LogP contribution in [-0.4, -0.2) is 39.9 Å². The van der Waals surface area contributed by atoms with Gasteiger partial charge in [0.15, 0.2) is 0 Å². The number of likely N-dealkylation sites (tertiary alicyclic amines) is 1.